The van der Waals surface area contributed by atoms with Crippen molar-refractivity contribution in [2.24, 2.45) is 5.84 Å². The Balaban J connectivity index is 1.95. The molecule has 1 aliphatic rings. The Morgan fingerprint density at radius 3 is 2.57 bits per heavy atom. The molecule has 3 nitrogen and oxygen atoms in total. The van der Waals surface area contributed by atoms with Crippen molar-refractivity contribution in [2.75, 3.05) is 5.73 Å². The molecule has 0 radical (unpaired) electrons. The predicted molar refractivity (Wildman–Crippen MR) is 88.1 cm³/mol. The number of hydrogen-bond acceptors (Lipinski definition) is 3. The minimum Gasteiger partial charge on any atom is -0.398 e. The van der Waals surface area contributed by atoms with E-state index in [1.807, 2.05) is 12.1 Å². The molecule has 2 aromatic carbocycles. The fourth-order valence-corrected chi connectivity index (χ4v) is 3.09. The van der Waals surface area contributed by atoms with Crippen LogP contribution in [0, 0.1) is 0 Å². The van der Waals surface area contributed by atoms with Crippen molar-refractivity contribution < 1.29 is 0 Å². The van der Waals surface area contributed by atoms with Gasteiger partial charge in [-0.3, -0.25) is 5.84 Å². The molecular weight excluding hydrogens is 282 g/mol. The third-order valence-corrected chi connectivity index (χ3v) is 4.58. The maximum Gasteiger partial charge on any atom is 0.0730 e. The van der Waals surface area contributed by atoms with E-state index in [0.717, 1.165) is 11.1 Å². The third kappa shape index (κ3) is 2.91. The number of hydrazine groups is 1. The highest BCUT2D eigenvalue weighted by Gasteiger charge is 2.21. The van der Waals surface area contributed by atoms with Crippen LogP contribution in [-0.2, 0) is 0 Å². The average molecular weight is 302 g/mol. The van der Waals surface area contributed by atoms with Gasteiger partial charge >= 0.3 is 0 Å². The van der Waals surface area contributed by atoms with Crippen LogP contribution < -0.4 is 17.0 Å². The second-order valence-electron chi connectivity index (χ2n) is 5.67. The van der Waals surface area contributed by atoms with Crippen molar-refractivity contribution in [1.29, 1.82) is 0 Å². The zero-order valence-corrected chi connectivity index (χ0v) is 12.6. The van der Waals surface area contributed by atoms with Gasteiger partial charge in [0.25, 0.3) is 0 Å². The highest BCUT2D eigenvalue weighted by atomic mass is 35.5. The van der Waals surface area contributed by atoms with Crippen LogP contribution in [0.3, 0.4) is 0 Å². The molecule has 4 heteroatoms. The molecule has 1 saturated carbocycles. The van der Waals surface area contributed by atoms with E-state index in [9.17, 15) is 0 Å². The molecule has 1 unspecified atom stereocenters. The summed E-state index contributed by atoms with van der Waals surface area (Å²) in [5, 5.41) is 0.634. The Hall–Kier alpha value is -1.55. The predicted octanol–water partition coefficient (Wildman–Crippen LogP) is 3.74. The smallest absolute Gasteiger partial charge is 0.0730 e. The van der Waals surface area contributed by atoms with Crippen LogP contribution in [0.25, 0.3) is 0 Å². The Kier molecular flexibility index (Phi) is 4.15. The SMILES string of the molecule is NNC(c1cccc(C2CCC2)c1)c1ccc(Cl)cc1N. The van der Waals surface area contributed by atoms with Gasteiger partial charge in [-0.2, -0.15) is 0 Å². The molecule has 1 atom stereocenters. The van der Waals surface area contributed by atoms with Crippen molar-refractivity contribution >= 4 is 17.3 Å². The molecule has 0 spiro atoms. The normalized spacial score (nSPS) is 16.5. The molecule has 5 N–H and O–H groups in total. The average Bonchev–Trinajstić information content (AvgIpc) is 2.40. The van der Waals surface area contributed by atoms with Crippen LogP contribution in [0.2, 0.25) is 5.02 Å². The number of halogens is 1. The number of benzene rings is 2. The van der Waals surface area contributed by atoms with Crippen LogP contribution in [-0.4, -0.2) is 0 Å². The molecule has 0 heterocycles. The lowest BCUT2D eigenvalue weighted by atomic mass is 9.79. The minimum absolute atomic E-state index is 0.123. The van der Waals surface area contributed by atoms with Crippen LogP contribution in [0.1, 0.15) is 47.9 Å². The van der Waals surface area contributed by atoms with Crippen LogP contribution in [0.4, 0.5) is 5.69 Å². The summed E-state index contributed by atoms with van der Waals surface area (Å²) in [5.74, 6) is 6.48. The molecular formula is C17H20ClN3. The second-order valence-corrected chi connectivity index (χ2v) is 6.11. The molecule has 21 heavy (non-hydrogen) atoms. The molecule has 0 bridgehead atoms. The maximum absolute atomic E-state index is 6.09. The lowest BCUT2D eigenvalue weighted by Crippen LogP contribution is -2.29. The molecule has 0 saturated heterocycles. The van der Waals surface area contributed by atoms with Gasteiger partial charge in [0, 0.05) is 10.7 Å². The molecule has 1 fully saturated rings. The molecule has 2 aromatic rings. The summed E-state index contributed by atoms with van der Waals surface area (Å²) in [7, 11) is 0. The van der Waals surface area contributed by atoms with E-state index in [0.29, 0.717) is 16.6 Å². The first-order chi connectivity index (χ1) is 10.2. The highest BCUT2D eigenvalue weighted by Crippen LogP contribution is 2.38. The number of nitrogens with one attached hydrogen (secondary N) is 1. The number of nitrogens with two attached hydrogens (primary N) is 2. The van der Waals surface area contributed by atoms with E-state index in [2.05, 4.69) is 29.7 Å². The summed E-state index contributed by atoms with van der Waals surface area (Å²) in [6.45, 7) is 0. The minimum atomic E-state index is -0.123. The van der Waals surface area contributed by atoms with E-state index in [1.165, 1.54) is 24.8 Å². The van der Waals surface area contributed by atoms with Crippen molar-refractivity contribution in [2.45, 2.75) is 31.2 Å². The van der Waals surface area contributed by atoms with E-state index in [4.69, 9.17) is 23.2 Å². The zero-order valence-electron chi connectivity index (χ0n) is 11.9. The largest absolute Gasteiger partial charge is 0.398 e. The van der Waals surface area contributed by atoms with Gasteiger partial charge in [-0.1, -0.05) is 48.4 Å². The molecule has 110 valence electrons. The summed E-state index contributed by atoms with van der Waals surface area (Å²) < 4.78 is 0. The molecule has 3 rings (SSSR count). The summed E-state index contributed by atoms with van der Waals surface area (Å²) in [6.07, 6.45) is 3.90. The van der Waals surface area contributed by atoms with Gasteiger partial charge in [0.2, 0.25) is 0 Å². The second kappa shape index (κ2) is 6.06. The Morgan fingerprint density at radius 1 is 1.14 bits per heavy atom. The quantitative estimate of drug-likeness (QED) is 0.458. The topological polar surface area (TPSA) is 64.1 Å². The van der Waals surface area contributed by atoms with Crippen LogP contribution >= 0.6 is 11.6 Å². The van der Waals surface area contributed by atoms with E-state index in [1.54, 1.807) is 6.07 Å². The molecule has 1 aliphatic carbocycles. The highest BCUT2D eigenvalue weighted by molar-refractivity contribution is 6.30. The van der Waals surface area contributed by atoms with E-state index >= 15 is 0 Å². The third-order valence-electron chi connectivity index (χ3n) is 4.35. The van der Waals surface area contributed by atoms with Crippen molar-refractivity contribution in [3.05, 3.63) is 64.2 Å². The summed E-state index contributed by atoms with van der Waals surface area (Å²) in [5.41, 5.74) is 13.1. The number of nitrogen functional groups attached to an aromatic ring is 1. The first-order valence-corrected chi connectivity index (χ1v) is 7.67. The number of rotatable bonds is 4. The Labute approximate surface area is 130 Å². The standard InChI is InChI=1S/C17H20ClN3/c18-14-7-8-15(16(19)10-14)17(21-20)13-6-2-5-12(9-13)11-3-1-4-11/h2,5-11,17,21H,1,3-4,19-20H2. The lowest BCUT2D eigenvalue weighted by Gasteiger charge is -2.27. The first-order valence-electron chi connectivity index (χ1n) is 7.30. The fourth-order valence-electron chi connectivity index (χ4n) is 2.91. The maximum atomic E-state index is 6.09. The monoisotopic (exact) mass is 301 g/mol. The number of hydrogen-bond donors (Lipinski definition) is 3. The Morgan fingerprint density at radius 2 is 1.95 bits per heavy atom. The molecule has 0 aliphatic heterocycles. The van der Waals surface area contributed by atoms with Crippen molar-refractivity contribution in [1.82, 2.24) is 5.43 Å². The van der Waals surface area contributed by atoms with Gasteiger partial charge in [-0.25, -0.2) is 5.43 Å². The Bertz CT molecular complexity index is 638. The van der Waals surface area contributed by atoms with Gasteiger partial charge < -0.3 is 5.73 Å². The summed E-state index contributed by atoms with van der Waals surface area (Å²) >= 11 is 5.97. The van der Waals surface area contributed by atoms with Gasteiger partial charge in [-0.05, 0) is 47.6 Å². The van der Waals surface area contributed by atoms with Crippen LogP contribution in [0.5, 0.6) is 0 Å². The first kappa shape index (κ1) is 14.4. The van der Waals surface area contributed by atoms with E-state index < -0.39 is 0 Å². The summed E-state index contributed by atoms with van der Waals surface area (Å²) in [4.78, 5) is 0. The van der Waals surface area contributed by atoms with Gasteiger partial charge in [0.05, 0.1) is 6.04 Å². The number of anilines is 1. The van der Waals surface area contributed by atoms with Crippen molar-refractivity contribution in [3.63, 3.8) is 0 Å². The molecule has 0 aromatic heterocycles. The van der Waals surface area contributed by atoms with Gasteiger partial charge in [0.1, 0.15) is 0 Å². The van der Waals surface area contributed by atoms with Gasteiger partial charge in [-0.15, -0.1) is 0 Å². The summed E-state index contributed by atoms with van der Waals surface area (Å²) in [6, 6.07) is 14.0. The fraction of sp³-hybridized carbons (Fsp3) is 0.294. The van der Waals surface area contributed by atoms with E-state index in [-0.39, 0.29) is 6.04 Å². The lowest BCUT2D eigenvalue weighted by molar-refractivity contribution is 0.419. The van der Waals surface area contributed by atoms with Crippen molar-refractivity contribution in [3.8, 4) is 0 Å². The van der Waals surface area contributed by atoms with Gasteiger partial charge in [0.15, 0.2) is 0 Å². The molecule has 0 amide bonds. The zero-order chi connectivity index (χ0) is 14.8. The van der Waals surface area contributed by atoms with Crippen LogP contribution in [0.15, 0.2) is 42.5 Å².